The van der Waals surface area contributed by atoms with Gasteiger partial charge in [-0.25, -0.2) is 18.4 Å². The monoisotopic (exact) mass is 798 g/mol. The lowest BCUT2D eigenvalue weighted by atomic mass is 9.98. The molecule has 0 radical (unpaired) electrons. The van der Waals surface area contributed by atoms with E-state index in [0.717, 1.165) is 34.4 Å². The van der Waals surface area contributed by atoms with Crippen molar-refractivity contribution in [3.63, 3.8) is 0 Å². The molecule has 2 atom stereocenters. The molecular formula is C44H48F2N4O8. The normalized spacial score (nSPS) is 14.2. The first-order chi connectivity index (χ1) is 28.1. The number of hydrogen-bond donors (Lipinski definition) is 3. The number of halogens is 2. The Kier molecular flexibility index (Phi) is 14.4. The highest BCUT2D eigenvalue weighted by atomic mass is 19.2. The molecule has 1 saturated carbocycles. The molecule has 12 nitrogen and oxygen atoms in total. The number of alkyl carbamates (subject to hydrolysis) is 2. The van der Waals surface area contributed by atoms with Crippen molar-refractivity contribution in [2.24, 2.45) is 0 Å². The predicted octanol–water partition coefficient (Wildman–Crippen LogP) is 6.22. The molecule has 6 rings (SSSR count). The van der Waals surface area contributed by atoms with Crippen molar-refractivity contribution < 1.29 is 46.9 Å². The highest BCUT2D eigenvalue weighted by Crippen LogP contribution is 2.44. The number of nitrogens with one attached hydrogen (secondary N) is 3. The van der Waals surface area contributed by atoms with Crippen LogP contribution in [0, 0.1) is 11.6 Å². The number of benzene rings is 4. The van der Waals surface area contributed by atoms with Gasteiger partial charge in [0.2, 0.25) is 11.8 Å². The van der Waals surface area contributed by atoms with E-state index >= 15 is 0 Å². The lowest BCUT2D eigenvalue weighted by Crippen LogP contribution is -2.58. The van der Waals surface area contributed by atoms with Gasteiger partial charge in [0, 0.05) is 31.6 Å². The zero-order valence-corrected chi connectivity index (χ0v) is 32.5. The van der Waals surface area contributed by atoms with Crippen LogP contribution in [0.1, 0.15) is 54.9 Å². The minimum Gasteiger partial charge on any atom is -0.449 e. The second-order valence-corrected chi connectivity index (χ2v) is 14.0. The van der Waals surface area contributed by atoms with Crippen molar-refractivity contribution in [3.8, 4) is 11.1 Å². The molecule has 2 unspecified atom stereocenters. The third-order valence-corrected chi connectivity index (χ3v) is 9.98. The summed E-state index contributed by atoms with van der Waals surface area (Å²) in [4.78, 5) is 56.4. The molecule has 14 heteroatoms. The zero-order chi connectivity index (χ0) is 41.0. The van der Waals surface area contributed by atoms with Crippen LogP contribution in [0.2, 0.25) is 0 Å². The van der Waals surface area contributed by atoms with Crippen LogP contribution < -0.4 is 16.0 Å². The summed E-state index contributed by atoms with van der Waals surface area (Å²) in [5.74, 6) is -3.76. The Labute approximate surface area is 336 Å². The molecule has 2 aliphatic rings. The van der Waals surface area contributed by atoms with Gasteiger partial charge in [-0.1, -0.05) is 84.9 Å². The first-order valence-electron chi connectivity index (χ1n) is 19.5. The summed E-state index contributed by atoms with van der Waals surface area (Å²) < 4.78 is 50.8. The summed E-state index contributed by atoms with van der Waals surface area (Å²) in [6, 6.07) is 25.0. The number of fused-ring (bicyclic) bond motifs is 3. The second-order valence-electron chi connectivity index (χ2n) is 14.0. The van der Waals surface area contributed by atoms with Crippen LogP contribution in [0.15, 0.2) is 97.1 Å². The van der Waals surface area contributed by atoms with E-state index < -0.39 is 60.6 Å². The SMILES string of the molecule is CCOC(CN(C(=O)C(Cc1ccc(F)c(F)c1)NC(=O)C(CNC(=O)OCC1c2ccccc2-c2ccccc21)NC(=O)OCc1ccccc1)C1CC1)OCC. The molecule has 0 aromatic heterocycles. The van der Waals surface area contributed by atoms with E-state index in [-0.39, 0.29) is 43.7 Å². The number of rotatable bonds is 19. The molecule has 3 N–H and O–H groups in total. The fraction of sp³-hybridized carbons (Fsp3) is 0.364. The average Bonchev–Trinajstić information content (AvgIpc) is 4.03. The third kappa shape index (κ3) is 11.0. The summed E-state index contributed by atoms with van der Waals surface area (Å²) >= 11 is 0. The Bertz CT molecular complexity index is 2000. The van der Waals surface area contributed by atoms with Gasteiger partial charge >= 0.3 is 12.2 Å². The molecule has 0 aliphatic heterocycles. The summed E-state index contributed by atoms with van der Waals surface area (Å²) in [6.45, 7) is 3.79. The Balaban J connectivity index is 1.19. The van der Waals surface area contributed by atoms with Gasteiger partial charge < -0.3 is 39.8 Å². The zero-order valence-electron chi connectivity index (χ0n) is 32.5. The molecular weight excluding hydrogens is 750 g/mol. The minimum absolute atomic E-state index is 0.00949. The molecule has 4 amide bonds. The number of amides is 4. The van der Waals surface area contributed by atoms with E-state index in [4.69, 9.17) is 18.9 Å². The Morgan fingerprint density at radius 2 is 1.36 bits per heavy atom. The minimum atomic E-state index is -1.46. The Morgan fingerprint density at radius 1 is 0.724 bits per heavy atom. The van der Waals surface area contributed by atoms with Gasteiger partial charge in [0.25, 0.3) is 0 Å². The molecule has 0 spiro atoms. The van der Waals surface area contributed by atoms with Crippen LogP contribution in [0.4, 0.5) is 18.4 Å². The Hall–Kier alpha value is -5.86. The number of ether oxygens (including phenoxy) is 4. The molecule has 0 bridgehead atoms. The maximum atomic E-state index is 14.4. The maximum Gasteiger partial charge on any atom is 0.408 e. The highest BCUT2D eigenvalue weighted by molar-refractivity contribution is 5.92. The Morgan fingerprint density at radius 3 is 1.98 bits per heavy atom. The molecule has 4 aromatic rings. The van der Waals surface area contributed by atoms with Gasteiger partial charge in [-0.3, -0.25) is 9.59 Å². The molecule has 1 fully saturated rings. The quantitative estimate of drug-likeness (QED) is 0.0950. The van der Waals surface area contributed by atoms with Gasteiger partial charge in [0.05, 0.1) is 13.1 Å². The fourth-order valence-corrected chi connectivity index (χ4v) is 7.02. The van der Waals surface area contributed by atoms with Crippen LogP contribution in [-0.2, 0) is 41.6 Å². The van der Waals surface area contributed by atoms with Gasteiger partial charge in [-0.2, -0.15) is 0 Å². The van der Waals surface area contributed by atoms with E-state index in [0.29, 0.717) is 31.6 Å². The topological polar surface area (TPSA) is 145 Å². The van der Waals surface area contributed by atoms with Crippen molar-refractivity contribution in [2.75, 3.05) is 32.9 Å². The van der Waals surface area contributed by atoms with E-state index in [1.165, 1.54) is 6.07 Å². The molecule has 2 aliphatic carbocycles. The standard InChI is InChI=1S/C44H48F2N4O8/c1-3-55-40(56-4-2)25-50(30-19-20-30)42(52)38(23-29-18-21-36(45)37(46)22-29)48-41(51)39(49-44(54)57-26-28-12-6-5-7-13-28)24-47-43(53)58-27-35-33-16-10-8-14-31(33)32-15-9-11-17-34(32)35/h5-18,21-22,30,35,38-40H,3-4,19-20,23-27H2,1-2H3,(H,47,53)(H,48,51)(H,49,54). The van der Waals surface area contributed by atoms with Gasteiger partial charge in [0.15, 0.2) is 17.9 Å². The van der Waals surface area contributed by atoms with Crippen LogP contribution in [0.25, 0.3) is 11.1 Å². The van der Waals surface area contributed by atoms with Gasteiger partial charge in [-0.15, -0.1) is 0 Å². The summed E-state index contributed by atoms with van der Waals surface area (Å²) in [6.07, 6.45) is -1.34. The maximum absolute atomic E-state index is 14.4. The highest BCUT2D eigenvalue weighted by Gasteiger charge is 2.39. The van der Waals surface area contributed by atoms with Gasteiger partial charge in [-0.05, 0) is 72.2 Å². The molecule has 0 saturated heterocycles. The van der Waals surface area contributed by atoms with E-state index in [1.54, 1.807) is 43.0 Å². The van der Waals surface area contributed by atoms with Crippen LogP contribution in [0.5, 0.6) is 0 Å². The van der Waals surface area contributed by atoms with Crippen molar-refractivity contribution in [1.29, 1.82) is 0 Å². The lowest BCUT2D eigenvalue weighted by molar-refractivity contribution is -0.161. The van der Waals surface area contributed by atoms with Crippen molar-refractivity contribution in [1.82, 2.24) is 20.9 Å². The molecule has 0 heterocycles. The predicted molar refractivity (Wildman–Crippen MR) is 210 cm³/mol. The van der Waals surface area contributed by atoms with Crippen molar-refractivity contribution >= 4 is 24.0 Å². The molecule has 306 valence electrons. The number of hydrogen-bond acceptors (Lipinski definition) is 8. The van der Waals surface area contributed by atoms with E-state index in [2.05, 4.69) is 16.0 Å². The lowest BCUT2D eigenvalue weighted by Gasteiger charge is -2.31. The first kappa shape index (κ1) is 41.8. The summed E-state index contributed by atoms with van der Waals surface area (Å²) in [7, 11) is 0. The number of carbonyl (C=O) groups excluding carboxylic acids is 4. The van der Waals surface area contributed by atoms with Crippen LogP contribution in [0.3, 0.4) is 0 Å². The number of carbonyl (C=O) groups is 4. The largest absolute Gasteiger partial charge is 0.449 e. The van der Waals surface area contributed by atoms with E-state index in [9.17, 15) is 28.0 Å². The third-order valence-electron chi connectivity index (χ3n) is 9.98. The molecule has 58 heavy (non-hydrogen) atoms. The van der Waals surface area contributed by atoms with Crippen molar-refractivity contribution in [2.45, 2.75) is 70.1 Å². The summed E-state index contributed by atoms with van der Waals surface area (Å²) in [5, 5.41) is 7.79. The smallest absolute Gasteiger partial charge is 0.408 e. The second kappa shape index (κ2) is 20.0. The number of nitrogens with zero attached hydrogens (tertiary/aromatic N) is 1. The average molecular weight is 799 g/mol. The fourth-order valence-electron chi connectivity index (χ4n) is 7.02. The summed E-state index contributed by atoms with van der Waals surface area (Å²) in [5.41, 5.74) is 5.08. The first-order valence-corrected chi connectivity index (χ1v) is 19.5. The van der Waals surface area contributed by atoms with Crippen LogP contribution in [-0.4, -0.2) is 86.2 Å². The van der Waals surface area contributed by atoms with Gasteiger partial charge in [0.1, 0.15) is 25.3 Å². The van der Waals surface area contributed by atoms with Crippen molar-refractivity contribution in [3.05, 3.63) is 131 Å². The van der Waals surface area contributed by atoms with E-state index in [1.807, 2.05) is 54.6 Å². The van der Waals surface area contributed by atoms with Crippen LogP contribution >= 0.6 is 0 Å². The molecule has 4 aromatic carbocycles.